The van der Waals surface area contributed by atoms with Crippen molar-refractivity contribution in [2.24, 2.45) is 5.73 Å². The lowest BCUT2D eigenvalue weighted by molar-refractivity contribution is -0.113. The summed E-state index contributed by atoms with van der Waals surface area (Å²) < 4.78 is 28.9. The number of nitrogens with two attached hydrogens (primary N) is 1. The Morgan fingerprint density at radius 3 is 2.69 bits per heavy atom. The summed E-state index contributed by atoms with van der Waals surface area (Å²) in [5.41, 5.74) is 5.09. The molecule has 4 rings (SSSR count). The SMILES string of the molecule is NC(=O)c1ccsc1NC(=O)CSc1nc2ccccc2c(=O)n1-c1ccc(F)cc1F. The predicted molar refractivity (Wildman–Crippen MR) is 119 cm³/mol. The van der Waals surface area contributed by atoms with Crippen LogP contribution in [0.4, 0.5) is 13.8 Å². The van der Waals surface area contributed by atoms with E-state index in [9.17, 15) is 23.2 Å². The molecule has 0 bridgehead atoms. The Hall–Kier alpha value is -3.57. The predicted octanol–water partition coefficient (Wildman–Crippen LogP) is 3.56. The van der Waals surface area contributed by atoms with Crippen LogP contribution in [-0.4, -0.2) is 27.1 Å². The maximum Gasteiger partial charge on any atom is 0.266 e. The largest absolute Gasteiger partial charge is 0.366 e. The normalized spacial score (nSPS) is 10.9. The molecule has 0 saturated carbocycles. The molecule has 0 unspecified atom stereocenters. The minimum Gasteiger partial charge on any atom is -0.366 e. The van der Waals surface area contributed by atoms with Crippen molar-refractivity contribution in [3.63, 3.8) is 0 Å². The van der Waals surface area contributed by atoms with Gasteiger partial charge in [0.15, 0.2) is 5.16 Å². The topological polar surface area (TPSA) is 107 Å². The minimum absolute atomic E-state index is 0.0515. The van der Waals surface area contributed by atoms with Crippen LogP contribution >= 0.6 is 23.1 Å². The van der Waals surface area contributed by atoms with E-state index in [0.29, 0.717) is 16.6 Å². The quantitative estimate of drug-likeness (QED) is 0.330. The van der Waals surface area contributed by atoms with E-state index < -0.39 is 29.0 Å². The molecule has 2 heterocycles. The molecular formula is C21H14F2N4O3S2. The van der Waals surface area contributed by atoms with E-state index >= 15 is 0 Å². The molecular weight excluding hydrogens is 458 g/mol. The summed E-state index contributed by atoms with van der Waals surface area (Å²) in [5.74, 6) is -3.08. The maximum absolute atomic E-state index is 14.5. The Labute approximate surface area is 187 Å². The highest BCUT2D eigenvalue weighted by atomic mass is 32.2. The van der Waals surface area contributed by atoms with Gasteiger partial charge in [0.25, 0.3) is 11.5 Å². The number of rotatable bonds is 6. The molecule has 3 N–H and O–H groups in total. The van der Waals surface area contributed by atoms with E-state index in [0.717, 1.165) is 39.8 Å². The summed E-state index contributed by atoms with van der Waals surface area (Å²) in [5, 5.41) is 4.80. The number of carbonyl (C=O) groups excluding carboxylic acids is 2. The number of nitrogens with one attached hydrogen (secondary N) is 1. The highest BCUT2D eigenvalue weighted by Crippen LogP contribution is 2.25. The van der Waals surface area contributed by atoms with Crippen LogP contribution in [0.3, 0.4) is 0 Å². The fourth-order valence-corrected chi connectivity index (χ4v) is 4.59. The number of amides is 2. The number of hydrogen-bond acceptors (Lipinski definition) is 6. The van der Waals surface area contributed by atoms with Crippen LogP contribution in [0.15, 0.2) is 63.9 Å². The van der Waals surface area contributed by atoms with Crippen LogP contribution in [0.2, 0.25) is 0 Å². The second-order valence-electron chi connectivity index (χ2n) is 6.51. The van der Waals surface area contributed by atoms with Gasteiger partial charge in [0.2, 0.25) is 5.91 Å². The van der Waals surface area contributed by atoms with Crippen molar-refractivity contribution in [2.45, 2.75) is 5.16 Å². The number of thioether (sulfide) groups is 1. The van der Waals surface area contributed by atoms with Gasteiger partial charge in [-0.25, -0.2) is 13.8 Å². The first-order chi connectivity index (χ1) is 15.3. The number of hydrogen-bond donors (Lipinski definition) is 2. The lowest BCUT2D eigenvalue weighted by Crippen LogP contribution is -2.24. The molecule has 0 spiro atoms. The van der Waals surface area contributed by atoms with Crippen LogP contribution in [0.5, 0.6) is 0 Å². The number of nitrogens with zero attached hydrogens (tertiary/aromatic N) is 2. The average Bonchev–Trinajstić information content (AvgIpc) is 3.22. The van der Waals surface area contributed by atoms with E-state index in [1.54, 1.807) is 29.6 Å². The summed E-state index contributed by atoms with van der Waals surface area (Å²) in [6, 6.07) is 10.8. The molecule has 2 aromatic heterocycles. The Morgan fingerprint density at radius 1 is 1.16 bits per heavy atom. The Kier molecular flexibility index (Phi) is 6.01. The second kappa shape index (κ2) is 8.89. The molecule has 0 radical (unpaired) electrons. The maximum atomic E-state index is 14.5. The number of aromatic nitrogens is 2. The first kappa shape index (κ1) is 21.7. The van der Waals surface area contributed by atoms with Gasteiger partial charge in [-0.2, -0.15) is 0 Å². The van der Waals surface area contributed by atoms with Gasteiger partial charge in [0.1, 0.15) is 16.6 Å². The fourth-order valence-electron chi connectivity index (χ4n) is 2.98. The van der Waals surface area contributed by atoms with Crippen molar-refractivity contribution in [3.05, 3.63) is 81.5 Å². The molecule has 0 aliphatic carbocycles. The van der Waals surface area contributed by atoms with E-state index in [-0.39, 0.29) is 27.5 Å². The molecule has 11 heteroatoms. The lowest BCUT2D eigenvalue weighted by atomic mass is 10.2. The van der Waals surface area contributed by atoms with Gasteiger partial charge in [-0.1, -0.05) is 23.9 Å². The van der Waals surface area contributed by atoms with Gasteiger partial charge in [-0.05, 0) is 35.7 Å². The zero-order valence-electron chi connectivity index (χ0n) is 16.2. The molecule has 0 aliphatic rings. The first-order valence-electron chi connectivity index (χ1n) is 9.12. The van der Waals surface area contributed by atoms with Crippen molar-refractivity contribution < 1.29 is 18.4 Å². The third-order valence-electron chi connectivity index (χ3n) is 4.41. The van der Waals surface area contributed by atoms with Crippen LogP contribution in [0, 0.1) is 11.6 Å². The second-order valence-corrected chi connectivity index (χ2v) is 8.37. The number of anilines is 1. The zero-order valence-corrected chi connectivity index (χ0v) is 17.8. The van der Waals surface area contributed by atoms with Gasteiger partial charge < -0.3 is 11.1 Å². The van der Waals surface area contributed by atoms with E-state index in [4.69, 9.17) is 5.73 Å². The van der Waals surface area contributed by atoms with Crippen molar-refractivity contribution in [3.8, 4) is 5.69 Å². The van der Waals surface area contributed by atoms with Crippen LogP contribution in [0.25, 0.3) is 16.6 Å². The van der Waals surface area contributed by atoms with Crippen molar-refractivity contribution in [2.75, 3.05) is 11.1 Å². The third-order valence-corrected chi connectivity index (χ3v) is 6.18. The summed E-state index contributed by atoms with van der Waals surface area (Å²) in [6.45, 7) is 0. The summed E-state index contributed by atoms with van der Waals surface area (Å²) in [4.78, 5) is 41.4. The standard InChI is InChI=1S/C21H14F2N4O3S2/c22-11-5-6-16(14(23)9-11)27-20(30)12-3-1-2-4-15(12)25-21(27)32-10-17(28)26-19-13(18(24)29)7-8-31-19/h1-9H,10H2,(H2,24,29)(H,26,28). The Bertz CT molecular complexity index is 1420. The summed E-state index contributed by atoms with van der Waals surface area (Å²) >= 11 is 2.03. The highest BCUT2D eigenvalue weighted by molar-refractivity contribution is 7.99. The number of fused-ring (bicyclic) bond motifs is 1. The molecule has 2 aromatic carbocycles. The summed E-state index contributed by atoms with van der Waals surface area (Å²) in [6.07, 6.45) is 0. The molecule has 0 aliphatic heterocycles. The van der Waals surface area contributed by atoms with Crippen LogP contribution < -0.4 is 16.6 Å². The van der Waals surface area contributed by atoms with Crippen LogP contribution in [0.1, 0.15) is 10.4 Å². The Morgan fingerprint density at radius 2 is 1.94 bits per heavy atom. The Balaban J connectivity index is 1.70. The van der Waals surface area contributed by atoms with Crippen LogP contribution in [-0.2, 0) is 4.79 Å². The minimum atomic E-state index is -0.944. The van der Waals surface area contributed by atoms with Gasteiger partial charge in [-0.15, -0.1) is 11.3 Å². The van der Waals surface area contributed by atoms with Gasteiger partial charge >= 0.3 is 0 Å². The van der Waals surface area contributed by atoms with Crippen molar-refractivity contribution in [1.29, 1.82) is 0 Å². The molecule has 2 amide bonds. The summed E-state index contributed by atoms with van der Waals surface area (Å²) in [7, 11) is 0. The number of halogens is 2. The number of primary amides is 1. The van der Waals surface area contributed by atoms with Crippen molar-refractivity contribution in [1.82, 2.24) is 9.55 Å². The van der Waals surface area contributed by atoms with E-state index in [2.05, 4.69) is 10.3 Å². The smallest absolute Gasteiger partial charge is 0.266 e. The van der Waals surface area contributed by atoms with Gasteiger partial charge in [0, 0.05) is 6.07 Å². The number of benzene rings is 2. The molecule has 32 heavy (non-hydrogen) atoms. The molecule has 7 nitrogen and oxygen atoms in total. The molecule has 0 saturated heterocycles. The van der Waals surface area contributed by atoms with Gasteiger partial charge in [0.05, 0.1) is 27.9 Å². The third kappa shape index (κ3) is 4.25. The fraction of sp³-hybridized carbons (Fsp3) is 0.0476. The lowest BCUT2D eigenvalue weighted by Gasteiger charge is -2.14. The molecule has 4 aromatic rings. The number of thiophene rings is 1. The van der Waals surface area contributed by atoms with Crippen molar-refractivity contribution >= 4 is 50.8 Å². The average molecular weight is 472 g/mol. The molecule has 0 atom stereocenters. The monoisotopic (exact) mass is 472 g/mol. The van der Waals surface area contributed by atoms with Gasteiger partial charge in [-0.3, -0.25) is 19.0 Å². The molecule has 0 fully saturated rings. The first-order valence-corrected chi connectivity index (χ1v) is 11.0. The van der Waals surface area contributed by atoms with E-state index in [1.165, 1.54) is 6.07 Å². The molecule has 162 valence electrons. The van der Waals surface area contributed by atoms with E-state index in [1.807, 2.05) is 0 Å². The zero-order chi connectivity index (χ0) is 22.8. The number of para-hydroxylation sites is 1. The number of carbonyl (C=O) groups is 2. The highest BCUT2D eigenvalue weighted by Gasteiger charge is 2.18.